The first kappa shape index (κ1) is 21.6. The zero-order valence-electron chi connectivity index (χ0n) is 19.2. The lowest BCUT2D eigenvalue weighted by Gasteiger charge is -2.34. The summed E-state index contributed by atoms with van der Waals surface area (Å²) >= 11 is 1.90. The van der Waals surface area contributed by atoms with E-state index in [9.17, 15) is 0 Å². The smallest absolute Gasteiger partial charge is 0.0552 e. The topological polar surface area (TPSA) is 6.48 Å². The largest absolute Gasteiger partial charge is 0.340 e. The molecule has 0 amide bonds. The van der Waals surface area contributed by atoms with E-state index in [2.05, 4.69) is 89.5 Å². The molecule has 0 spiro atoms. The molecule has 3 aromatic rings. The molecule has 2 heterocycles. The summed E-state index contributed by atoms with van der Waals surface area (Å²) in [5, 5.41) is 0. The van der Waals surface area contributed by atoms with Gasteiger partial charge in [0.05, 0.1) is 11.4 Å². The van der Waals surface area contributed by atoms with E-state index in [0.717, 1.165) is 12.5 Å². The fourth-order valence-corrected chi connectivity index (χ4v) is 6.19. The summed E-state index contributed by atoms with van der Waals surface area (Å²) in [7, 11) is 0. The van der Waals surface area contributed by atoms with Gasteiger partial charge in [-0.2, -0.15) is 0 Å². The molecule has 0 radical (unpaired) electrons. The Morgan fingerprint density at radius 3 is 2.00 bits per heavy atom. The summed E-state index contributed by atoms with van der Waals surface area (Å²) in [5.41, 5.74) is 5.61. The predicted octanol–water partition coefficient (Wildman–Crippen LogP) is 7.33. The van der Waals surface area contributed by atoms with Crippen molar-refractivity contribution in [3.63, 3.8) is 0 Å². The maximum absolute atomic E-state index is 2.69. The molecule has 2 aliphatic rings. The normalized spacial score (nSPS) is 16.6. The summed E-state index contributed by atoms with van der Waals surface area (Å²) in [4.78, 5) is 7.98. The molecular formula is C29H34N2S. The maximum atomic E-state index is 2.69. The Balaban J connectivity index is 1.09. The second-order valence-corrected chi connectivity index (χ2v) is 10.5. The van der Waals surface area contributed by atoms with E-state index < -0.39 is 0 Å². The van der Waals surface area contributed by atoms with Crippen molar-refractivity contribution in [1.29, 1.82) is 0 Å². The third-order valence-electron chi connectivity index (χ3n) is 6.99. The van der Waals surface area contributed by atoms with Crippen LogP contribution in [0, 0.1) is 12.8 Å². The predicted molar refractivity (Wildman–Crippen MR) is 137 cm³/mol. The molecule has 2 aliphatic heterocycles. The van der Waals surface area contributed by atoms with Gasteiger partial charge in [0.1, 0.15) is 0 Å². The molecule has 0 unspecified atom stereocenters. The van der Waals surface area contributed by atoms with Crippen LogP contribution in [0.1, 0.15) is 36.8 Å². The van der Waals surface area contributed by atoms with Crippen molar-refractivity contribution in [2.24, 2.45) is 5.92 Å². The van der Waals surface area contributed by atoms with Gasteiger partial charge in [-0.15, -0.1) is 0 Å². The monoisotopic (exact) mass is 442 g/mol. The summed E-state index contributed by atoms with van der Waals surface area (Å²) in [6.45, 7) is 7.04. The number of aryl methyl sites for hydroxylation is 1. The van der Waals surface area contributed by atoms with Gasteiger partial charge in [-0.1, -0.05) is 65.9 Å². The van der Waals surface area contributed by atoms with Crippen molar-refractivity contribution in [2.45, 2.75) is 48.8 Å². The molecule has 0 N–H and O–H groups in total. The molecule has 1 fully saturated rings. The number of para-hydroxylation sites is 2. The van der Waals surface area contributed by atoms with Crippen LogP contribution in [0.5, 0.6) is 0 Å². The Labute approximate surface area is 197 Å². The number of anilines is 2. The second-order valence-electron chi connectivity index (χ2n) is 9.37. The lowest BCUT2D eigenvalue weighted by Crippen LogP contribution is -2.35. The number of fused-ring (bicyclic) bond motifs is 2. The number of benzene rings is 3. The van der Waals surface area contributed by atoms with Crippen molar-refractivity contribution in [3.05, 3.63) is 83.9 Å². The van der Waals surface area contributed by atoms with Gasteiger partial charge in [0, 0.05) is 16.3 Å². The Morgan fingerprint density at radius 1 is 0.750 bits per heavy atom. The minimum Gasteiger partial charge on any atom is -0.340 e. The van der Waals surface area contributed by atoms with Gasteiger partial charge in [0.25, 0.3) is 0 Å². The zero-order chi connectivity index (χ0) is 21.8. The van der Waals surface area contributed by atoms with Crippen LogP contribution >= 0.6 is 11.8 Å². The average Bonchev–Trinajstić information content (AvgIpc) is 2.83. The molecule has 32 heavy (non-hydrogen) atoms. The van der Waals surface area contributed by atoms with Crippen LogP contribution in [0.25, 0.3) is 0 Å². The molecule has 0 saturated carbocycles. The van der Waals surface area contributed by atoms with Crippen LogP contribution in [0.3, 0.4) is 0 Å². The van der Waals surface area contributed by atoms with Crippen molar-refractivity contribution in [3.8, 4) is 0 Å². The fraction of sp³-hybridized carbons (Fsp3) is 0.379. The molecule has 2 nitrogen and oxygen atoms in total. The first-order chi connectivity index (χ1) is 15.8. The molecule has 1 saturated heterocycles. The lowest BCUT2D eigenvalue weighted by atomic mass is 9.90. The number of nitrogens with zero attached hydrogens (tertiary/aromatic N) is 2. The zero-order valence-corrected chi connectivity index (χ0v) is 20.0. The van der Waals surface area contributed by atoms with Crippen LogP contribution in [0.4, 0.5) is 11.4 Å². The van der Waals surface area contributed by atoms with Crippen LogP contribution < -0.4 is 4.90 Å². The van der Waals surface area contributed by atoms with E-state index >= 15 is 0 Å². The Bertz CT molecular complexity index is 976. The van der Waals surface area contributed by atoms with Crippen molar-refractivity contribution >= 4 is 23.1 Å². The van der Waals surface area contributed by atoms with Crippen molar-refractivity contribution < 1.29 is 0 Å². The molecule has 0 bridgehead atoms. The standard InChI is InChI=1S/C29H34N2S/c1-23-12-14-24(15-13-23)22-25-16-20-30(21-17-25)18-6-7-19-31-26-8-2-4-10-28(26)32-29-11-5-3-9-27(29)31/h2-5,8-15,25H,6-7,16-22H2,1H3. The first-order valence-electron chi connectivity index (χ1n) is 12.2. The van der Waals surface area contributed by atoms with Crippen LogP contribution in [0.15, 0.2) is 82.6 Å². The number of unbranched alkanes of at least 4 members (excludes halogenated alkanes) is 1. The average molecular weight is 443 g/mol. The number of rotatable bonds is 7. The van der Waals surface area contributed by atoms with E-state index in [1.807, 2.05) is 11.8 Å². The van der Waals surface area contributed by atoms with Crippen LogP contribution in [-0.4, -0.2) is 31.1 Å². The molecular weight excluding hydrogens is 408 g/mol. The Morgan fingerprint density at radius 2 is 1.34 bits per heavy atom. The van der Waals surface area contributed by atoms with Gasteiger partial charge in [-0.25, -0.2) is 0 Å². The van der Waals surface area contributed by atoms with E-state index in [-0.39, 0.29) is 0 Å². The highest BCUT2D eigenvalue weighted by Gasteiger charge is 2.23. The molecule has 0 aromatic heterocycles. The molecule has 0 atom stereocenters. The SMILES string of the molecule is Cc1ccc(CC2CCN(CCCCN3c4ccccc4Sc4ccccc43)CC2)cc1. The van der Waals surface area contributed by atoms with E-state index in [1.54, 1.807) is 0 Å². The number of likely N-dealkylation sites (tertiary alicyclic amines) is 1. The van der Waals surface area contributed by atoms with E-state index in [1.165, 1.54) is 84.0 Å². The Kier molecular flexibility index (Phi) is 6.85. The van der Waals surface area contributed by atoms with Gasteiger partial charge < -0.3 is 9.80 Å². The molecule has 3 heteroatoms. The highest BCUT2D eigenvalue weighted by Crippen LogP contribution is 2.47. The maximum Gasteiger partial charge on any atom is 0.0552 e. The van der Waals surface area contributed by atoms with Crippen LogP contribution in [0.2, 0.25) is 0 Å². The molecule has 0 aliphatic carbocycles. The summed E-state index contributed by atoms with van der Waals surface area (Å²) in [5.74, 6) is 0.854. The van der Waals surface area contributed by atoms with Crippen LogP contribution in [-0.2, 0) is 6.42 Å². The minimum atomic E-state index is 0.854. The van der Waals surface area contributed by atoms with Gasteiger partial charge >= 0.3 is 0 Å². The number of hydrogen-bond donors (Lipinski definition) is 0. The van der Waals surface area contributed by atoms with E-state index in [0.29, 0.717) is 0 Å². The van der Waals surface area contributed by atoms with Gasteiger partial charge in [0.15, 0.2) is 0 Å². The quantitative estimate of drug-likeness (QED) is 0.354. The third kappa shape index (κ3) is 5.05. The summed E-state index contributed by atoms with van der Waals surface area (Å²) in [6, 6.07) is 26.8. The number of hydrogen-bond acceptors (Lipinski definition) is 3. The first-order valence-corrected chi connectivity index (χ1v) is 13.0. The molecule has 166 valence electrons. The lowest BCUT2D eigenvalue weighted by molar-refractivity contribution is 0.181. The highest BCUT2D eigenvalue weighted by atomic mass is 32.2. The van der Waals surface area contributed by atoms with Crippen molar-refractivity contribution in [2.75, 3.05) is 31.1 Å². The van der Waals surface area contributed by atoms with E-state index in [4.69, 9.17) is 0 Å². The van der Waals surface area contributed by atoms with Gasteiger partial charge in [-0.3, -0.25) is 0 Å². The Hall–Kier alpha value is -2.23. The minimum absolute atomic E-state index is 0.854. The molecule has 5 rings (SSSR count). The second kappa shape index (κ2) is 10.1. The van der Waals surface area contributed by atoms with Gasteiger partial charge in [0.2, 0.25) is 0 Å². The summed E-state index contributed by atoms with van der Waals surface area (Å²) < 4.78 is 0. The van der Waals surface area contributed by atoms with Gasteiger partial charge in [-0.05, 0) is 94.4 Å². The number of piperidine rings is 1. The summed E-state index contributed by atoms with van der Waals surface area (Å²) in [6.07, 6.45) is 6.45. The highest BCUT2D eigenvalue weighted by molar-refractivity contribution is 7.99. The molecule has 3 aromatic carbocycles. The third-order valence-corrected chi connectivity index (χ3v) is 8.12. The fourth-order valence-electron chi connectivity index (χ4n) is 5.10. The van der Waals surface area contributed by atoms with Crippen molar-refractivity contribution in [1.82, 2.24) is 4.90 Å².